The fourth-order valence-electron chi connectivity index (χ4n) is 10.7. The van der Waals surface area contributed by atoms with E-state index in [9.17, 15) is 19.6 Å². The first-order valence-electron chi connectivity index (χ1n) is 20.4. The van der Waals surface area contributed by atoms with E-state index in [0.717, 1.165) is 108 Å². The number of carbonyl (C=O) groups excluding carboxylic acids is 3. The van der Waals surface area contributed by atoms with Crippen molar-refractivity contribution in [2.24, 2.45) is 0 Å². The summed E-state index contributed by atoms with van der Waals surface area (Å²) in [6.45, 7) is 12.7. The molecule has 3 unspecified atom stereocenters. The molecule has 4 aromatic rings. The zero-order valence-corrected chi connectivity index (χ0v) is 35.3. The van der Waals surface area contributed by atoms with Gasteiger partial charge in [0.2, 0.25) is 0 Å². The highest BCUT2D eigenvalue weighted by Gasteiger charge is 2.66. The molecule has 4 aliphatic rings. The second-order valence-corrected chi connectivity index (χ2v) is 16.3. The smallest absolute Gasteiger partial charge is 0.305 e. The van der Waals surface area contributed by atoms with Crippen molar-refractivity contribution in [2.45, 2.75) is 96.9 Å². The number of methoxy groups -OCH3 is 2. The van der Waals surface area contributed by atoms with Crippen molar-refractivity contribution in [3.63, 3.8) is 0 Å². The molecule has 8 bridgehead atoms. The van der Waals surface area contributed by atoms with E-state index in [4.69, 9.17) is 19.4 Å². The highest BCUT2D eigenvalue weighted by atomic mass is 16.5. The summed E-state index contributed by atoms with van der Waals surface area (Å²) in [6, 6.07) is 14.4. The Morgan fingerprint density at radius 2 is 1.54 bits per heavy atom. The van der Waals surface area contributed by atoms with E-state index in [1.54, 1.807) is 0 Å². The molecule has 2 N–H and O–H groups in total. The van der Waals surface area contributed by atoms with Crippen LogP contribution in [0, 0.1) is 25.2 Å². The molecule has 0 radical (unpaired) electrons. The van der Waals surface area contributed by atoms with Gasteiger partial charge >= 0.3 is 11.9 Å². The Labute approximate surface area is 344 Å². The number of hydrogen-bond donors (Lipinski definition) is 2. The van der Waals surface area contributed by atoms with Crippen molar-refractivity contribution >= 4 is 63.2 Å². The van der Waals surface area contributed by atoms with Crippen LogP contribution in [0.1, 0.15) is 120 Å². The standard InChI is InChI=1S/C48H50N6O5/c1-10-30-27(5)44-33-19-29(23-49)46-48(11-2)45(33)53-41(47(48,6)34-18-28(24-55)12-15-40(34)54(46)7)22-36-26(4)32(14-17-43(57)59-9)39(51-36)21-38-31(13-16-42(56)58-8)25(3)35(50-38)20-37(30)52-44/h12,15,18-22,24,46,50-51H,10-11,13-14,16-17H2,1-9H3. The number of carbonyl (C=O) groups is 3. The summed E-state index contributed by atoms with van der Waals surface area (Å²) < 4.78 is 10.1. The van der Waals surface area contributed by atoms with E-state index >= 15 is 0 Å². The van der Waals surface area contributed by atoms with Crippen LogP contribution < -0.4 is 4.90 Å². The largest absolute Gasteiger partial charge is 0.469 e. The zero-order chi connectivity index (χ0) is 42.1. The fourth-order valence-corrected chi connectivity index (χ4v) is 10.7. The Balaban J connectivity index is 1.59. The van der Waals surface area contributed by atoms with Gasteiger partial charge in [-0.25, -0.2) is 4.98 Å². The Morgan fingerprint density at radius 1 is 0.915 bits per heavy atom. The summed E-state index contributed by atoms with van der Waals surface area (Å²) in [7, 11) is 4.84. The molecule has 0 saturated carbocycles. The lowest BCUT2D eigenvalue weighted by Gasteiger charge is -2.58. The van der Waals surface area contributed by atoms with Gasteiger partial charge in [-0.3, -0.25) is 19.4 Å². The molecule has 6 heterocycles. The number of likely N-dealkylation sites (N-methyl/N-ethyl adjacent to an activating group) is 1. The second-order valence-electron chi connectivity index (χ2n) is 16.3. The Morgan fingerprint density at radius 3 is 2.10 bits per heavy atom. The number of allylic oxidation sites excluding steroid dienone is 2. The normalized spacial score (nSPS) is 20.2. The van der Waals surface area contributed by atoms with Gasteiger partial charge in [0.15, 0.2) is 0 Å². The molecule has 0 saturated heterocycles. The number of nitrogens with zero attached hydrogens (tertiary/aromatic N) is 4. The quantitative estimate of drug-likeness (QED) is 0.125. The predicted octanol–water partition coefficient (Wildman–Crippen LogP) is 8.69. The average Bonchev–Trinajstić information content (AvgIpc) is 3.90. The number of nitrogens with one attached hydrogen (secondary N) is 2. The van der Waals surface area contributed by atoms with Gasteiger partial charge in [-0.1, -0.05) is 13.8 Å². The van der Waals surface area contributed by atoms with E-state index in [-0.39, 0.29) is 30.8 Å². The molecule has 3 atom stereocenters. The van der Waals surface area contributed by atoms with Gasteiger partial charge in [-0.2, -0.15) is 5.26 Å². The maximum Gasteiger partial charge on any atom is 0.305 e. The van der Waals surface area contributed by atoms with Crippen molar-refractivity contribution < 1.29 is 23.9 Å². The topological polar surface area (TPSA) is 154 Å². The number of aromatic nitrogens is 4. The van der Waals surface area contributed by atoms with Crippen LogP contribution in [-0.4, -0.2) is 65.5 Å². The number of aldehydes is 1. The van der Waals surface area contributed by atoms with Gasteiger partial charge in [-0.05, 0) is 135 Å². The third kappa shape index (κ3) is 5.63. The summed E-state index contributed by atoms with van der Waals surface area (Å²) >= 11 is 0. The highest BCUT2D eigenvalue weighted by molar-refractivity contribution is 5.96. The van der Waals surface area contributed by atoms with Crippen LogP contribution in [-0.2, 0) is 42.7 Å². The number of rotatable bonds is 9. The summed E-state index contributed by atoms with van der Waals surface area (Å²) in [5.41, 5.74) is 15.1. The summed E-state index contributed by atoms with van der Waals surface area (Å²) in [6.07, 6.45) is 5.53. The summed E-state index contributed by atoms with van der Waals surface area (Å²) in [5.74, 6) is -0.604. The van der Waals surface area contributed by atoms with Crippen molar-refractivity contribution in [1.29, 1.82) is 5.26 Å². The van der Waals surface area contributed by atoms with Crippen LogP contribution in [0.5, 0.6) is 0 Å². The number of H-pyrrole nitrogens is 2. The molecule has 59 heavy (non-hydrogen) atoms. The molecule has 1 aliphatic carbocycles. The van der Waals surface area contributed by atoms with Crippen LogP contribution in [0.25, 0.3) is 39.3 Å². The molecular weight excluding hydrogens is 741 g/mol. The first kappa shape index (κ1) is 39.5. The molecule has 8 rings (SSSR count). The van der Waals surface area contributed by atoms with E-state index in [0.29, 0.717) is 30.4 Å². The van der Waals surface area contributed by atoms with E-state index in [1.807, 2.05) is 31.3 Å². The highest BCUT2D eigenvalue weighted by Crippen LogP contribution is 2.64. The fraction of sp³-hybridized carbons (Fsp3) is 0.375. The van der Waals surface area contributed by atoms with E-state index in [2.05, 4.69) is 80.7 Å². The zero-order valence-electron chi connectivity index (χ0n) is 35.3. The Kier molecular flexibility index (Phi) is 9.73. The number of fused-ring (bicyclic) bond motifs is 11. The van der Waals surface area contributed by atoms with Crippen LogP contribution in [0.3, 0.4) is 0 Å². The second kappa shape index (κ2) is 14.5. The van der Waals surface area contributed by atoms with Crippen molar-refractivity contribution in [3.8, 4) is 6.07 Å². The van der Waals surface area contributed by atoms with Crippen molar-refractivity contribution in [2.75, 3.05) is 26.2 Å². The third-order valence-electron chi connectivity index (χ3n) is 13.8. The van der Waals surface area contributed by atoms with E-state index < -0.39 is 10.8 Å². The monoisotopic (exact) mass is 790 g/mol. The lowest BCUT2D eigenvalue weighted by Crippen LogP contribution is -2.63. The Bertz CT molecular complexity index is 2780. The van der Waals surface area contributed by atoms with Crippen LogP contribution in [0.15, 0.2) is 42.0 Å². The number of aryl methyl sites for hydroxylation is 4. The average molecular weight is 791 g/mol. The van der Waals surface area contributed by atoms with Crippen LogP contribution >= 0.6 is 0 Å². The first-order chi connectivity index (χ1) is 28.3. The molecular formula is C48H50N6O5. The van der Waals surface area contributed by atoms with E-state index in [1.165, 1.54) is 14.2 Å². The SMILES string of the molecule is CCC1=C(C)c2nc1cc1[nH]c(cc3[nH]c(cc4nc5c2C=C(C#N)C2N(C)c6ccc(C=O)cc6C4(C)C52CC)c(C)c3CCC(=O)OC)c(CCC(=O)OC)c1C. The third-order valence-corrected chi connectivity index (χ3v) is 13.8. The number of aromatic amines is 2. The molecule has 0 amide bonds. The van der Waals surface area contributed by atoms with Gasteiger partial charge in [0.1, 0.15) is 6.29 Å². The molecule has 302 valence electrons. The number of hydrogen-bond acceptors (Lipinski definition) is 9. The molecule has 11 heteroatoms. The minimum Gasteiger partial charge on any atom is -0.469 e. The van der Waals surface area contributed by atoms with Crippen molar-refractivity contribution in [1.82, 2.24) is 19.9 Å². The number of esters is 2. The van der Waals surface area contributed by atoms with Gasteiger partial charge in [0.05, 0.1) is 65.5 Å². The minimum atomic E-state index is -0.805. The maximum atomic E-state index is 12.6. The minimum absolute atomic E-state index is 0.184. The molecule has 3 aromatic heterocycles. The number of benzene rings is 1. The maximum absolute atomic E-state index is 12.6. The van der Waals surface area contributed by atoms with Gasteiger partial charge in [0, 0.05) is 58.8 Å². The van der Waals surface area contributed by atoms with Crippen LogP contribution in [0.2, 0.25) is 0 Å². The predicted molar refractivity (Wildman–Crippen MR) is 230 cm³/mol. The lowest BCUT2D eigenvalue weighted by molar-refractivity contribution is -0.141. The molecule has 0 spiro atoms. The molecule has 0 fully saturated rings. The number of nitriles is 1. The summed E-state index contributed by atoms with van der Waals surface area (Å²) in [4.78, 5) is 58.2. The molecule has 3 aliphatic heterocycles. The van der Waals surface area contributed by atoms with Gasteiger partial charge < -0.3 is 24.3 Å². The van der Waals surface area contributed by atoms with Gasteiger partial charge in [0.25, 0.3) is 0 Å². The summed E-state index contributed by atoms with van der Waals surface area (Å²) in [5, 5.41) is 11.1. The first-order valence-corrected chi connectivity index (χ1v) is 20.4. The van der Waals surface area contributed by atoms with Crippen molar-refractivity contribution in [3.05, 3.63) is 104 Å². The molecule has 11 nitrogen and oxygen atoms in total. The number of anilines is 1. The molecule has 1 aromatic carbocycles. The Hall–Kier alpha value is -6.28. The van der Waals surface area contributed by atoms with Gasteiger partial charge in [-0.15, -0.1) is 0 Å². The lowest BCUT2D eigenvalue weighted by atomic mass is 9.50. The number of ether oxygens (including phenoxy) is 2. The van der Waals surface area contributed by atoms with Crippen LogP contribution in [0.4, 0.5) is 5.69 Å².